The molecule has 2 aromatic heterocycles. The summed E-state index contributed by atoms with van der Waals surface area (Å²) in [7, 11) is 1.38. The molecular formula is C21H25F2N5O2. The molecule has 2 atom stereocenters. The molecule has 30 heavy (non-hydrogen) atoms. The molecule has 4 heterocycles. The van der Waals surface area contributed by atoms with Crippen LogP contribution in [0, 0.1) is 6.92 Å². The van der Waals surface area contributed by atoms with Gasteiger partial charge in [-0.25, -0.2) is 13.8 Å². The second kappa shape index (κ2) is 8.12. The number of rotatable bonds is 6. The van der Waals surface area contributed by atoms with Crippen LogP contribution >= 0.6 is 0 Å². The highest BCUT2D eigenvalue weighted by Gasteiger charge is 2.42. The second-order valence-corrected chi connectivity index (χ2v) is 7.92. The number of aryl methyl sites for hydroxylation is 1. The molecule has 0 saturated carbocycles. The minimum absolute atomic E-state index is 0.130. The Bertz CT molecular complexity index is 895. The summed E-state index contributed by atoms with van der Waals surface area (Å²) in [6.45, 7) is 2.94. The van der Waals surface area contributed by atoms with E-state index in [1.165, 1.54) is 25.4 Å². The summed E-state index contributed by atoms with van der Waals surface area (Å²) in [5.74, 6) is -2.41. The lowest BCUT2D eigenvalue weighted by Crippen LogP contribution is -2.55. The van der Waals surface area contributed by atoms with Crippen LogP contribution in [0.5, 0.6) is 5.88 Å². The van der Waals surface area contributed by atoms with Crippen molar-refractivity contribution in [1.29, 1.82) is 0 Å². The van der Waals surface area contributed by atoms with Gasteiger partial charge in [-0.3, -0.25) is 4.79 Å². The summed E-state index contributed by atoms with van der Waals surface area (Å²) in [5, 5.41) is 8.42. The van der Waals surface area contributed by atoms with Gasteiger partial charge < -0.3 is 14.5 Å². The van der Waals surface area contributed by atoms with Crippen molar-refractivity contribution in [2.24, 2.45) is 0 Å². The van der Waals surface area contributed by atoms with Gasteiger partial charge in [0.05, 0.1) is 12.8 Å². The average molecular weight is 417 g/mol. The number of ether oxygens (including phenoxy) is 1. The number of likely N-dealkylation sites (tertiary alicyclic amines) is 1. The Labute approximate surface area is 174 Å². The van der Waals surface area contributed by atoms with Gasteiger partial charge in [0.15, 0.2) is 5.82 Å². The molecule has 0 aliphatic carbocycles. The van der Waals surface area contributed by atoms with Crippen molar-refractivity contribution in [3.05, 3.63) is 41.7 Å². The van der Waals surface area contributed by atoms with E-state index in [1.807, 2.05) is 19.1 Å². The number of aromatic nitrogens is 3. The van der Waals surface area contributed by atoms with E-state index in [2.05, 4.69) is 20.1 Å². The van der Waals surface area contributed by atoms with Gasteiger partial charge >= 0.3 is 0 Å². The highest BCUT2D eigenvalue weighted by atomic mass is 19.3. The third kappa shape index (κ3) is 4.06. The van der Waals surface area contributed by atoms with E-state index in [9.17, 15) is 13.6 Å². The molecule has 2 bridgehead atoms. The molecule has 2 aromatic rings. The Kier molecular flexibility index (Phi) is 5.53. The van der Waals surface area contributed by atoms with Crippen molar-refractivity contribution in [2.45, 2.75) is 50.6 Å². The number of alkyl halides is 2. The van der Waals surface area contributed by atoms with E-state index in [1.54, 1.807) is 4.90 Å². The van der Waals surface area contributed by atoms with Crippen molar-refractivity contribution in [3.63, 3.8) is 0 Å². The van der Waals surface area contributed by atoms with Gasteiger partial charge in [-0.05, 0) is 38.0 Å². The minimum atomic E-state index is -3.12. The van der Waals surface area contributed by atoms with E-state index < -0.39 is 12.3 Å². The molecule has 2 fully saturated rings. The van der Waals surface area contributed by atoms with Crippen LogP contribution in [0.4, 0.5) is 14.6 Å². The smallest absolute Gasteiger partial charge is 0.274 e. The number of nitrogens with zero attached hydrogens (tertiary/aromatic N) is 5. The number of carbonyl (C=O) groups excluding carboxylic acids is 1. The molecule has 2 saturated heterocycles. The predicted octanol–water partition coefficient (Wildman–Crippen LogP) is 2.94. The number of amides is 1. The van der Waals surface area contributed by atoms with Crippen LogP contribution in [0.1, 0.15) is 36.9 Å². The molecule has 0 aromatic carbocycles. The number of fused-ring (bicyclic) bond motifs is 2. The third-order valence-electron chi connectivity index (χ3n) is 5.90. The fraction of sp³-hybridized carbons (Fsp3) is 0.524. The Balaban J connectivity index is 1.38. The summed E-state index contributed by atoms with van der Waals surface area (Å²) < 4.78 is 34.1. The van der Waals surface area contributed by atoms with Crippen molar-refractivity contribution in [3.8, 4) is 5.88 Å². The van der Waals surface area contributed by atoms with Crippen LogP contribution in [-0.4, -0.2) is 58.3 Å². The first kappa shape index (κ1) is 20.4. The molecule has 2 aliphatic heterocycles. The topological polar surface area (TPSA) is 71.5 Å². The molecule has 0 spiro atoms. The quantitative estimate of drug-likeness (QED) is 0.720. The third-order valence-corrected chi connectivity index (χ3v) is 5.90. The molecule has 160 valence electrons. The first-order valence-corrected chi connectivity index (χ1v) is 10.1. The number of pyridine rings is 1. The van der Waals surface area contributed by atoms with Crippen LogP contribution in [-0.2, 0) is 10.7 Å². The largest absolute Gasteiger partial charge is 0.481 e. The fourth-order valence-electron chi connectivity index (χ4n) is 4.33. The predicted molar refractivity (Wildman–Crippen MR) is 107 cm³/mol. The van der Waals surface area contributed by atoms with Gasteiger partial charge in [0.2, 0.25) is 11.8 Å². The molecule has 1 amide bonds. The maximum atomic E-state index is 14.6. The lowest BCUT2D eigenvalue weighted by Gasteiger charge is -2.41. The first-order chi connectivity index (χ1) is 14.4. The highest BCUT2D eigenvalue weighted by Crippen LogP contribution is 2.36. The Morgan fingerprint density at radius 3 is 2.57 bits per heavy atom. The molecule has 7 nitrogen and oxygen atoms in total. The standard InChI is InChI=1S/C21H25F2N5O2/c1-14-3-6-18(26-25-14)28-16-4-5-17(28)13-27(12-16)20(29)7-9-21(22,23)15-8-10-24-19(11-15)30-2/h3,6,8,10-11,16-17H,4-5,7,9,12-13H2,1-2H3/t16-,17?/m0/s1. The summed E-state index contributed by atoms with van der Waals surface area (Å²) in [4.78, 5) is 20.5. The van der Waals surface area contributed by atoms with Crippen molar-refractivity contribution >= 4 is 11.7 Å². The Hall–Kier alpha value is -2.84. The zero-order valence-corrected chi connectivity index (χ0v) is 17.1. The summed E-state index contributed by atoms with van der Waals surface area (Å²) in [5.41, 5.74) is 0.664. The van der Waals surface area contributed by atoms with Crippen molar-refractivity contribution in [1.82, 2.24) is 20.1 Å². The van der Waals surface area contributed by atoms with Crippen LogP contribution < -0.4 is 9.64 Å². The van der Waals surface area contributed by atoms with Crippen LogP contribution in [0.15, 0.2) is 30.5 Å². The molecule has 4 rings (SSSR count). The molecule has 2 aliphatic rings. The van der Waals surface area contributed by atoms with Crippen molar-refractivity contribution in [2.75, 3.05) is 25.1 Å². The first-order valence-electron chi connectivity index (χ1n) is 10.1. The van der Waals surface area contributed by atoms with E-state index >= 15 is 0 Å². The van der Waals surface area contributed by atoms with Gasteiger partial charge in [0, 0.05) is 55.8 Å². The van der Waals surface area contributed by atoms with E-state index in [-0.39, 0.29) is 35.9 Å². The maximum absolute atomic E-state index is 14.6. The van der Waals surface area contributed by atoms with Gasteiger partial charge in [-0.15, -0.1) is 5.10 Å². The fourth-order valence-corrected chi connectivity index (χ4v) is 4.33. The number of piperazine rings is 1. The normalized spacial score (nSPS) is 21.1. The van der Waals surface area contributed by atoms with Gasteiger partial charge in [-0.2, -0.15) is 5.10 Å². The number of anilines is 1. The number of halogens is 2. The zero-order valence-electron chi connectivity index (χ0n) is 17.1. The Morgan fingerprint density at radius 2 is 1.93 bits per heavy atom. The summed E-state index contributed by atoms with van der Waals surface area (Å²) in [6.07, 6.45) is 2.45. The molecular weight excluding hydrogens is 392 g/mol. The minimum Gasteiger partial charge on any atom is -0.481 e. The highest BCUT2D eigenvalue weighted by molar-refractivity contribution is 5.77. The van der Waals surface area contributed by atoms with Crippen LogP contribution in [0.2, 0.25) is 0 Å². The van der Waals surface area contributed by atoms with E-state index in [4.69, 9.17) is 4.74 Å². The van der Waals surface area contributed by atoms with Gasteiger partial charge in [0.25, 0.3) is 5.92 Å². The van der Waals surface area contributed by atoms with Crippen LogP contribution in [0.25, 0.3) is 0 Å². The van der Waals surface area contributed by atoms with Crippen LogP contribution in [0.3, 0.4) is 0 Å². The lowest BCUT2D eigenvalue weighted by molar-refractivity contribution is -0.134. The molecule has 1 unspecified atom stereocenters. The molecule has 0 N–H and O–H groups in total. The number of carbonyl (C=O) groups is 1. The number of hydrogen-bond acceptors (Lipinski definition) is 6. The zero-order chi connectivity index (χ0) is 21.3. The molecule has 0 radical (unpaired) electrons. The monoisotopic (exact) mass is 417 g/mol. The SMILES string of the molecule is COc1cc(C(F)(F)CCC(=O)N2CC3CC[C@@H](C2)N3c2ccc(C)nn2)ccn1. The van der Waals surface area contributed by atoms with Gasteiger partial charge in [0.1, 0.15) is 0 Å². The second-order valence-electron chi connectivity index (χ2n) is 7.92. The maximum Gasteiger partial charge on any atom is 0.274 e. The van der Waals surface area contributed by atoms with E-state index in [0.29, 0.717) is 13.1 Å². The van der Waals surface area contributed by atoms with E-state index in [0.717, 1.165) is 24.4 Å². The summed E-state index contributed by atoms with van der Waals surface area (Å²) in [6, 6.07) is 6.65. The number of methoxy groups -OCH3 is 1. The van der Waals surface area contributed by atoms with Gasteiger partial charge in [-0.1, -0.05) is 0 Å². The average Bonchev–Trinajstić information content (AvgIpc) is 3.01. The summed E-state index contributed by atoms with van der Waals surface area (Å²) >= 11 is 0. The number of hydrogen-bond donors (Lipinski definition) is 0. The Morgan fingerprint density at radius 1 is 1.20 bits per heavy atom. The van der Waals surface area contributed by atoms with Crippen molar-refractivity contribution < 1.29 is 18.3 Å². The molecule has 9 heteroatoms. The lowest BCUT2D eigenvalue weighted by atomic mass is 10.0.